The van der Waals surface area contributed by atoms with Crippen LogP contribution in [0.5, 0.6) is 0 Å². The molecule has 5 fully saturated rings. The molecule has 0 heterocycles. The minimum atomic E-state index is 0. The van der Waals surface area contributed by atoms with E-state index in [9.17, 15) is 0 Å². The maximum Gasteiger partial charge on any atom is 0 e. The molecule has 2 aromatic carbocycles. The van der Waals surface area contributed by atoms with Crippen LogP contribution >= 0.6 is 0 Å². The van der Waals surface area contributed by atoms with Gasteiger partial charge in [0.2, 0.25) is 0 Å². The zero-order valence-electron chi connectivity index (χ0n) is 21.0. The van der Waals surface area contributed by atoms with Crippen molar-refractivity contribution in [2.45, 2.75) is 95.8 Å². The number of hydrogen-bond donors (Lipinski definition) is 0. The van der Waals surface area contributed by atoms with Crippen molar-refractivity contribution < 1.29 is 26.2 Å². The minimum Gasteiger partial charge on any atom is -0.0649 e. The van der Waals surface area contributed by atoms with E-state index in [1.54, 1.807) is 16.7 Å². The van der Waals surface area contributed by atoms with Gasteiger partial charge < -0.3 is 0 Å². The predicted octanol–water partition coefficient (Wildman–Crippen LogP) is 9.04. The summed E-state index contributed by atoms with van der Waals surface area (Å²) in [5, 5.41) is 0. The van der Waals surface area contributed by atoms with Gasteiger partial charge in [-0.2, -0.15) is 0 Å². The minimum absolute atomic E-state index is 0. The molecule has 0 radical (unpaired) electrons. The summed E-state index contributed by atoms with van der Waals surface area (Å²) in [4.78, 5) is 0. The molecule has 34 heavy (non-hydrogen) atoms. The van der Waals surface area contributed by atoms with Gasteiger partial charge >= 0.3 is 0 Å². The molecular weight excluding hydrogens is 488 g/mol. The number of hydrogen-bond acceptors (Lipinski definition) is 0. The van der Waals surface area contributed by atoms with Gasteiger partial charge in [0.25, 0.3) is 0 Å². The van der Waals surface area contributed by atoms with Crippen LogP contribution in [-0.4, -0.2) is 0 Å². The SMILES string of the molecule is Cc1ccc(-c2ccc(C34CC5CC(CC(C5)C3)C4)cc2)c2c1CC(CC1CCCCC1)=C2.[Zr]. The Morgan fingerprint density at radius 3 is 2.09 bits per heavy atom. The summed E-state index contributed by atoms with van der Waals surface area (Å²) in [5.41, 5.74) is 11.4. The van der Waals surface area contributed by atoms with Crippen LogP contribution in [0.3, 0.4) is 0 Å². The van der Waals surface area contributed by atoms with E-state index >= 15 is 0 Å². The maximum absolute atomic E-state index is 2.58. The van der Waals surface area contributed by atoms with Crippen molar-refractivity contribution in [3.05, 3.63) is 64.2 Å². The molecule has 0 saturated heterocycles. The molecule has 8 rings (SSSR count). The van der Waals surface area contributed by atoms with Gasteiger partial charge in [0.05, 0.1) is 0 Å². The van der Waals surface area contributed by atoms with Gasteiger partial charge in [0, 0.05) is 26.2 Å². The normalized spacial score (nSPS) is 31.8. The molecule has 2 aromatic rings. The number of rotatable bonds is 4. The number of benzene rings is 2. The van der Waals surface area contributed by atoms with Gasteiger partial charge in [-0.1, -0.05) is 80.2 Å². The second-order valence-corrected chi connectivity index (χ2v) is 12.8. The second kappa shape index (κ2) is 9.18. The molecule has 0 spiro atoms. The third-order valence-corrected chi connectivity index (χ3v) is 10.5. The molecule has 6 aliphatic rings. The van der Waals surface area contributed by atoms with Gasteiger partial charge in [-0.3, -0.25) is 0 Å². The molecule has 176 valence electrons. The van der Waals surface area contributed by atoms with Crippen molar-refractivity contribution in [1.82, 2.24) is 0 Å². The molecule has 0 amide bonds. The van der Waals surface area contributed by atoms with Gasteiger partial charge in [-0.25, -0.2) is 0 Å². The van der Waals surface area contributed by atoms with Crippen LogP contribution < -0.4 is 0 Å². The van der Waals surface area contributed by atoms with Crippen molar-refractivity contribution in [3.63, 3.8) is 0 Å². The zero-order chi connectivity index (χ0) is 22.0. The Morgan fingerprint density at radius 2 is 1.44 bits per heavy atom. The molecule has 0 N–H and O–H groups in total. The van der Waals surface area contributed by atoms with Crippen molar-refractivity contribution >= 4 is 6.08 Å². The first kappa shape index (κ1) is 23.5. The Hall–Kier alpha value is -0.937. The Balaban J connectivity index is 0.00000217. The average molecular weight is 528 g/mol. The van der Waals surface area contributed by atoms with E-state index in [4.69, 9.17) is 0 Å². The van der Waals surface area contributed by atoms with E-state index in [2.05, 4.69) is 49.4 Å². The van der Waals surface area contributed by atoms with E-state index < -0.39 is 0 Å². The molecule has 0 aromatic heterocycles. The van der Waals surface area contributed by atoms with E-state index in [1.807, 2.05) is 0 Å². The average Bonchev–Trinajstić information content (AvgIpc) is 3.24. The Kier molecular flexibility index (Phi) is 6.33. The van der Waals surface area contributed by atoms with Gasteiger partial charge in [0.1, 0.15) is 0 Å². The maximum atomic E-state index is 2.58. The summed E-state index contributed by atoms with van der Waals surface area (Å²) in [5.74, 6) is 3.99. The summed E-state index contributed by atoms with van der Waals surface area (Å²) < 4.78 is 0. The third kappa shape index (κ3) is 4.07. The molecule has 0 unspecified atom stereocenters. The Labute approximate surface area is 226 Å². The second-order valence-electron chi connectivity index (χ2n) is 12.8. The van der Waals surface area contributed by atoms with Gasteiger partial charge in [-0.15, -0.1) is 0 Å². The largest absolute Gasteiger partial charge is 0.0649 e. The fourth-order valence-corrected chi connectivity index (χ4v) is 9.27. The molecule has 5 saturated carbocycles. The molecular formula is C33H40Zr. The van der Waals surface area contributed by atoms with Gasteiger partial charge in [0.15, 0.2) is 0 Å². The summed E-state index contributed by atoms with van der Waals surface area (Å²) in [6, 6.07) is 14.7. The molecule has 0 atom stereocenters. The first-order valence-corrected chi connectivity index (χ1v) is 14.1. The number of fused-ring (bicyclic) bond motifs is 1. The Morgan fingerprint density at radius 1 is 0.794 bits per heavy atom. The van der Waals surface area contributed by atoms with E-state index in [0.717, 1.165) is 23.7 Å². The van der Waals surface area contributed by atoms with Crippen LogP contribution in [0.25, 0.3) is 17.2 Å². The number of aryl methyl sites for hydroxylation is 1. The summed E-state index contributed by atoms with van der Waals surface area (Å²) in [7, 11) is 0. The first-order valence-electron chi connectivity index (χ1n) is 14.1. The predicted molar refractivity (Wildman–Crippen MR) is 139 cm³/mol. The van der Waals surface area contributed by atoms with Gasteiger partial charge in [-0.05, 0) is 121 Å². The van der Waals surface area contributed by atoms with Crippen LogP contribution in [0, 0.1) is 30.6 Å². The standard InChI is InChI=1S/C33H40.Zr/c1-22-7-12-30(32-18-24(17-31(22)32)13-23-5-3-2-4-6-23)28-8-10-29(11-9-28)33-19-25-14-26(20-33)16-27(15-25)21-33;/h7-12,18,23,25-27H,2-6,13-17,19-21H2,1H3;. The van der Waals surface area contributed by atoms with E-state index in [1.165, 1.54) is 106 Å². The van der Waals surface area contributed by atoms with Crippen molar-refractivity contribution in [2.75, 3.05) is 0 Å². The summed E-state index contributed by atoms with van der Waals surface area (Å²) in [6.07, 6.45) is 21.3. The molecule has 4 bridgehead atoms. The van der Waals surface area contributed by atoms with Crippen LogP contribution in [-0.2, 0) is 38.0 Å². The third-order valence-electron chi connectivity index (χ3n) is 10.5. The summed E-state index contributed by atoms with van der Waals surface area (Å²) in [6.45, 7) is 2.32. The number of allylic oxidation sites excluding steroid dienone is 1. The van der Waals surface area contributed by atoms with Crippen molar-refractivity contribution in [1.29, 1.82) is 0 Å². The molecule has 6 aliphatic carbocycles. The monoisotopic (exact) mass is 526 g/mol. The zero-order valence-corrected chi connectivity index (χ0v) is 23.5. The molecule has 1 heteroatoms. The van der Waals surface area contributed by atoms with Crippen LogP contribution in [0.2, 0.25) is 0 Å². The fourth-order valence-electron chi connectivity index (χ4n) is 9.27. The van der Waals surface area contributed by atoms with E-state index in [0.29, 0.717) is 5.41 Å². The van der Waals surface area contributed by atoms with Crippen LogP contribution in [0.15, 0.2) is 42.0 Å². The van der Waals surface area contributed by atoms with E-state index in [-0.39, 0.29) is 26.2 Å². The van der Waals surface area contributed by atoms with Crippen LogP contribution in [0.1, 0.15) is 99.3 Å². The summed E-state index contributed by atoms with van der Waals surface area (Å²) >= 11 is 0. The first-order chi connectivity index (χ1) is 16.1. The Bertz CT molecular complexity index is 1050. The molecule has 0 aliphatic heterocycles. The smallest absolute Gasteiger partial charge is 0 e. The molecule has 0 nitrogen and oxygen atoms in total. The topological polar surface area (TPSA) is 0 Å². The van der Waals surface area contributed by atoms with Crippen molar-refractivity contribution in [2.24, 2.45) is 23.7 Å². The van der Waals surface area contributed by atoms with Crippen LogP contribution in [0.4, 0.5) is 0 Å². The van der Waals surface area contributed by atoms with Crippen molar-refractivity contribution in [3.8, 4) is 11.1 Å². The fraction of sp³-hybridized carbons (Fsp3) is 0.576. The quantitative estimate of drug-likeness (QED) is 0.372.